The highest BCUT2D eigenvalue weighted by atomic mass is 14.2. The number of rotatable bonds is 6. The van der Waals surface area contributed by atoms with E-state index in [1.54, 1.807) is 0 Å². The van der Waals surface area contributed by atoms with Gasteiger partial charge in [-0.15, -0.1) is 0 Å². The normalized spacial score (nSPS) is 11.4. The molecule has 0 aliphatic carbocycles. The lowest BCUT2D eigenvalue weighted by atomic mass is 9.82. The minimum Gasteiger partial charge on any atom is -0.0622 e. The Bertz CT molecular complexity index is 1820. The summed E-state index contributed by atoms with van der Waals surface area (Å²) in [4.78, 5) is 0. The molecular formula is C46H38. The maximum atomic E-state index is 2.39. The molecule has 0 aliphatic rings. The first-order chi connectivity index (χ1) is 22.4. The van der Waals surface area contributed by atoms with Gasteiger partial charge in [0.2, 0.25) is 0 Å². The van der Waals surface area contributed by atoms with Crippen LogP contribution in [0, 0.1) is 0 Å². The van der Waals surface area contributed by atoms with E-state index >= 15 is 0 Å². The van der Waals surface area contributed by atoms with Crippen LogP contribution < -0.4 is 0 Å². The molecule has 0 nitrogen and oxygen atoms in total. The Morgan fingerprint density at radius 2 is 0.435 bits per heavy atom. The lowest BCUT2D eigenvalue weighted by molar-refractivity contribution is 0.590. The predicted molar refractivity (Wildman–Crippen MR) is 198 cm³/mol. The van der Waals surface area contributed by atoms with Gasteiger partial charge < -0.3 is 0 Å². The Labute approximate surface area is 273 Å². The van der Waals surface area contributed by atoms with E-state index in [0.717, 1.165) is 0 Å². The van der Waals surface area contributed by atoms with Gasteiger partial charge in [0, 0.05) is 0 Å². The van der Waals surface area contributed by atoms with Gasteiger partial charge in [-0.05, 0) is 120 Å². The molecule has 0 unspecified atom stereocenters. The molecule has 0 heterocycles. The molecular weight excluding hydrogens is 553 g/mol. The van der Waals surface area contributed by atoms with Gasteiger partial charge >= 0.3 is 0 Å². The first-order valence-electron chi connectivity index (χ1n) is 16.1. The average Bonchev–Trinajstić information content (AvgIpc) is 3.12. The van der Waals surface area contributed by atoms with Crippen LogP contribution in [0.2, 0.25) is 0 Å². The number of benzene rings is 7. The average molecular weight is 591 g/mol. The third-order valence-electron chi connectivity index (χ3n) is 8.76. The molecule has 0 aliphatic heterocycles. The van der Waals surface area contributed by atoms with Gasteiger partial charge in [-0.2, -0.15) is 0 Å². The second-order valence-corrected chi connectivity index (χ2v) is 13.1. The molecule has 0 saturated heterocycles. The van der Waals surface area contributed by atoms with E-state index in [1.165, 1.54) is 72.3 Å². The van der Waals surface area contributed by atoms with E-state index in [1.807, 2.05) is 0 Å². The van der Waals surface area contributed by atoms with E-state index in [2.05, 4.69) is 197 Å². The summed E-state index contributed by atoms with van der Waals surface area (Å²) in [6.07, 6.45) is 0. The topological polar surface area (TPSA) is 0 Å². The standard InChI is InChI=1S/C46H38/c1-46(2,3)45-31-43(41-26-37(33-16-8-4-9-17-33)24-38(27-41)34-18-10-5-11-19-34)30-44(32-45)42-28-39(35-20-12-6-13-21-35)25-40(29-42)36-22-14-7-15-23-36/h4-32H,1-3H3. The molecule has 0 saturated carbocycles. The first-order valence-corrected chi connectivity index (χ1v) is 16.1. The van der Waals surface area contributed by atoms with Crippen molar-refractivity contribution in [1.82, 2.24) is 0 Å². The van der Waals surface area contributed by atoms with Crippen LogP contribution in [-0.2, 0) is 5.41 Å². The molecule has 0 atom stereocenters. The summed E-state index contributed by atoms with van der Waals surface area (Å²) in [5, 5.41) is 0. The van der Waals surface area contributed by atoms with Crippen molar-refractivity contribution in [1.29, 1.82) is 0 Å². The smallest absolute Gasteiger partial charge is 0.0131 e. The van der Waals surface area contributed by atoms with Crippen molar-refractivity contribution in [2.24, 2.45) is 0 Å². The van der Waals surface area contributed by atoms with Crippen LogP contribution in [0.3, 0.4) is 0 Å². The van der Waals surface area contributed by atoms with Crippen LogP contribution in [0.5, 0.6) is 0 Å². The van der Waals surface area contributed by atoms with Gasteiger partial charge in [-0.25, -0.2) is 0 Å². The molecule has 0 N–H and O–H groups in total. The van der Waals surface area contributed by atoms with Gasteiger partial charge in [-0.3, -0.25) is 0 Å². The lowest BCUT2D eigenvalue weighted by Gasteiger charge is -2.22. The van der Waals surface area contributed by atoms with Gasteiger partial charge in [-0.1, -0.05) is 154 Å². The van der Waals surface area contributed by atoms with Gasteiger partial charge in [0.15, 0.2) is 0 Å². The predicted octanol–water partition coefficient (Wildman–Crippen LogP) is 13.0. The Morgan fingerprint density at radius 1 is 0.239 bits per heavy atom. The minimum absolute atomic E-state index is 0.0244. The second kappa shape index (κ2) is 12.5. The van der Waals surface area contributed by atoms with Crippen molar-refractivity contribution in [2.45, 2.75) is 26.2 Å². The van der Waals surface area contributed by atoms with E-state index in [9.17, 15) is 0 Å². The molecule has 0 spiro atoms. The molecule has 0 heteroatoms. The molecule has 0 aromatic heterocycles. The van der Waals surface area contributed by atoms with Crippen LogP contribution >= 0.6 is 0 Å². The molecule has 0 fully saturated rings. The molecule has 0 amide bonds. The highest BCUT2D eigenvalue weighted by molar-refractivity contribution is 5.86. The monoisotopic (exact) mass is 590 g/mol. The van der Waals surface area contributed by atoms with E-state index in [0.29, 0.717) is 0 Å². The molecule has 0 radical (unpaired) electrons. The molecule has 7 rings (SSSR count). The number of hydrogen-bond acceptors (Lipinski definition) is 0. The molecule has 0 bridgehead atoms. The van der Waals surface area contributed by atoms with Gasteiger partial charge in [0.1, 0.15) is 0 Å². The minimum atomic E-state index is -0.0244. The fourth-order valence-electron chi connectivity index (χ4n) is 6.17. The molecule has 7 aromatic carbocycles. The van der Waals surface area contributed by atoms with Crippen molar-refractivity contribution in [3.63, 3.8) is 0 Å². The van der Waals surface area contributed by atoms with Crippen molar-refractivity contribution in [2.75, 3.05) is 0 Å². The third-order valence-corrected chi connectivity index (χ3v) is 8.76. The van der Waals surface area contributed by atoms with E-state index in [-0.39, 0.29) is 5.41 Å². The van der Waals surface area contributed by atoms with Crippen LogP contribution in [0.15, 0.2) is 176 Å². The zero-order valence-corrected chi connectivity index (χ0v) is 26.7. The summed E-state index contributed by atoms with van der Waals surface area (Å²) < 4.78 is 0. The van der Waals surface area contributed by atoms with Crippen molar-refractivity contribution in [3.05, 3.63) is 181 Å². The van der Waals surface area contributed by atoms with Crippen molar-refractivity contribution in [3.8, 4) is 66.8 Å². The summed E-state index contributed by atoms with van der Waals surface area (Å²) in [5.41, 5.74) is 15.9. The molecule has 7 aromatic rings. The quantitative estimate of drug-likeness (QED) is 0.181. The molecule has 46 heavy (non-hydrogen) atoms. The van der Waals surface area contributed by atoms with Gasteiger partial charge in [0.05, 0.1) is 0 Å². The summed E-state index contributed by atoms with van der Waals surface area (Å²) in [6, 6.07) is 64.1. The Morgan fingerprint density at radius 3 is 0.652 bits per heavy atom. The summed E-state index contributed by atoms with van der Waals surface area (Å²) in [5.74, 6) is 0. The Balaban J connectivity index is 1.45. The largest absolute Gasteiger partial charge is 0.0622 e. The summed E-state index contributed by atoms with van der Waals surface area (Å²) >= 11 is 0. The fraction of sp³-hybridized carbons (Fsp3) is 0.0870. The zero-order valence-electron chi connectivity index (χ0n) is 26.7. The third kappa shape index (κ3) is 6.34. The summed E-state index contributed by atoms with van der Waals surface area (Å²) in [6.45, 7) is 6.92. The first kappa shape index (κ1) is 29.3. The van der Waals surface area contributed by atoms with Crippen molar-refractivity contribution < 1.29 is 0 Å². The maximum absolute atomic E-state index is 2.39. The fourth-order valence-corrected chi connectivity index (χ4v) is 6.17. The SMILES string of the molecule is CC(C)(C)c1cc(-c2cc(-c3ccccc3)cc(-c3ccccc3)c2)cc(-c2cc(-c3ccccc3)cc(-c3ccccc3)c2)c1. The van der Waals surface area contributed by atoms with Crippen LogP contribution in [0.1, 0.15) is 26.3 Å². The Hall–Kier alpha value is -5.46. The zero-order chi connectivity index (χ0) is 31.5. The maximum Gasteiger partial charge on any atom is -0.0131 e. The van der Waals surface area contributed by atoms with E-state index < -0.39 is 0 Å². The highest BCUT2D eigenvalue weighted by Gasteiger charge is 2.18. The molecule has 222 valence electrons. The second-order valence-electron chi connectivity index (χ2n) is 13.1. The Kier molecular flexibility index (Phi) is 7.95. The summed E-state index contributed by atoms with van der Waals surface area (Å²) in [7, 11) is 0. The van der Waals surface area contributed by atoms with Crippen LogP contribution in [-0.4, -0.2) is 0 Å². The van der Waals surface area contributed by atoms with Gasteiger partial charge in [0.25, 0.3) is 0 Å². The van der Waals surface area contributed by atoms with Crippen molar-refractivity contribution >= 4 is 0 Å². The number of hydrogen-bond donors (Lipinski definition) is 0. The van der Waals surface area contributed by atoms with E-state index in [4.69, 9.17) is 0 Å². The van der Waals surface area contributed by atoms with Crippen LogP contribution in [0.25, 0.3) is 66.8 Å². The lowest BCUT2D eigenvalue weighted by Crippen LogP contribution is -2.11. The van der Waals surface area contributed by atoms with Crippen LogP contribution in [0.4, 0.5) is 0 Å². The highest BCUT2D eigenvalue weighted by Crippen LogP contribution is 2.39.